The van der Waals surface area contributed by atoms with Gasteiger partial charge in [-0.15, -0.1) is 0 Å². The highest BCUT2D eigenvalue weighted by atomic mass is 19.3. The highest BCUT2D eigenvalue weighted by molar-refractivity contribution is 5.83. The Labute approximate surface area is 107 Å². The smallest absolute Gasteiger partial charge is 0.383 e. The Kier molecular flexibility index (Phi) is 5.14. The summed E-state index contributed by atoms with van der Waals surface area (Å²) in [4.78, 5) is 10.9. The van der Waals surface area contributed by atoms with Crippen molar-refractivity contribution in [1.82, 2.24) is 5.32 Å². The van der Waals surface area contributed by atoms with E-state index in [4.69, 9.17) is 4.74 Å². The molecule has 1 aromatic carbocycles. The van der Waals surface area contributed by atoms with E-state index in [2.05, 4.69) is 0 Å². The maximum Gasteiger partial charge on any atom is 0.383 e. The van der Waals surface area contributed by atoms with Crippen LogP contribution >= 0.6 is 0 Å². The molecule has 1 rings (SSSR count). The van der Waals surface area contributed by atoms with Gasteiger partial charge in [0.2, 0.25) is 0 Å². The molecule has 0 aliphatic carbocycles. The van der Waals surface area contributed by atoms with E-state index in [0.717, 1.165) is 0 Å². The maximum atomic E-state index is 12.6. The highest BCUT2D eigenvalue weighted by Crippen LogP contribution is 2.23. The van der Waals surface area contributed by atoms with Crippen molar-refractivity contribution in [3.05, 3.63) is 29.8 Å². The molecule has 0 fully saturated rings. The molecule has 0 aliphatic rings. The normalized spacial score (nSPS) is 11.5. The molecular weight excluding hydrogens is 266 g/mol. The molecule has 19 heavy (non-hydrogen) atoms. The van der Waals surface area contributed by atoms with Crippen LogP contribution in [0.5, 0.6) is 5.75 Å². The molecule has 1 aromatic rings. The predicted molar refractivity (Wildman–Crippen MR) is 60.7 cm³/mol. The molecule has 0 atom stereocenters. The van der Waals surface area contributed by atoms with Crippen molar-refractivity contribution in [2.75, 3.05) is 13.7 Å². The molecule has 0 spiro atoms. The minimum atomic E-state index is -4.67. The van der Waals surface area contributed by atoms with Crippen molar-refractivity contribution in [2.45, 2.75) is 18.8 Å². The number of methoxy groups -OCH3 is 1. The molecule has 0 unspecified atom stereocenters. The zero-order valence-electron chi connectivity index (χ0n) is 10.1. The lowest BCUT2D eigenvalue weighted by Gasteiger charge is -2.15. The topological polar surface area (TPSA) is 38.3 Å². The first-order valence-electron chi connectivity index (χ1n) is 5.45. The van der Waals surface area contributed by atoms with Gasteiger partial charge in [0.05, 0.1) is 7.11 Å². The van der Waals surface area contributed by atoms with E-state index in [1.54, 1.807) is 29.6 Å². The van der Waals surface area contributed by atoms with Crippen LogP contribution in [0.1, 0.15) is 5.56 Å². The van der Waals surface area contributed by atoms with Gasteiger partial charge in [-0.25, -0.2) is 8.78 Å². The van der Waals surface area contributed by atoms with E-state index in [1.807, 2.05) is 0 Å². The van der Waals surface area contributed by atoms with E-state index >= 15 is 0 Å². The van der Waals surface area contributed by atoms with Gasteiger partial charge in [-0.2, -0.15) is 8.78 Å². The summed E-state index contributed by atoms with van der Waals surface area (Å²) >= 11 is 0. The zero-order valence-corrected chi connectivity index (χ0v) is 10.1. The van der Waals surface area contributed by atoms with Crippen LogP contribution in [-0.4, -0.2) is 31.9 Å². The Hall–Kier alpha value is -1.79. The molecule has 3 nitrogen and oxygen atoms in total. The van der Waals surface area contributed by atoms with Crippen molar-refractivity contribution in [2.24, 2.45) is 0 Å². The standard InChI is InChI=1S/C12H13F4NO2/c1-19-9-5-3-2-4-8(9)6-7-17-11(18)12(15,16)10(13)14/h2-5,10H,6-7H2,1H3,(H,17,18). The van der Waals surface area contributed by atoms with E-state index in [9.17, 15) is 22.4 Å². The number of hydrogen-bond donors (Lipinski definition) is 1. The van der Waals surface area contributed by atoms with Gasteiger partial charge in [-0.1, -0.05) is 18.2 Å². The average molecular weight is 279 g/mol. The Morgan fingerprint density at radius 2 is 2.00 bits per heavy atom. The Bertz CT molecular complexity index is 437. The summed E-state index contributed by atoms with van der Waals surface area (Å²) < 4.78 is 54.1. The molecule has 0 saturated heterocycles. The second-order valence-corrected chi connectivity index (χ2v) is 3.74. The number of carbonyl (C=O) groups excluding carboxylic acids is 1. The highest BCUT2D eigenvalue weighted by Gasteiger charge is 2.48. The minimum Gasteiger partial charge on any atom is -0.496 e. The third kappa shape index (κ3) is 3.84. The number of ether oxygens (including phenoxy) is 1. The number of carbonyl (C=O) groups is 1. The average Bonchev–Trinajstić information content (AvgIpc) is 2.38. The summed E-state index contributed by atoms with van der Waals surface area (Å²) in [6, 6.07) is 6.81. The van der Waals surface area contributed by atoms with Crippen LogP contribution in [0.2, 0.25) is 0 Å². The predicted octanol–water partition coefficient (Wildman–Crippen LogP) is 2.25. The molecule has 1 N–H and O–H groups in total. The molecule has 7 heteroatoms. The summed E-state index contributed by atoms with van der Waals surface area (Å²) in [5, 5.41) is 1.78. The molecule has 1 amide bonds. The maximum absolute atomic E-state index is 12.6. The molecule has 0 aromatic heterocycles. The largest absolute Gasteiger partial charge is 0.496 e. The van der Waals surface area contributed by atoms with Crippen molar-refractivity contribution in [1.29, 1.82) is 0 Å². The number of hydrogen-bond acceptors (Lipinski definition) is 2. The van der Waals surface area contributed by atoms with Gasteiger partial charge in [0.25, 0.3) is 5.91 Å². The third-order valence-electron chi connectivity index (χ3n) is 2.45. The molecule has 0 saturated carbocycles. The Balaban J connectivity index is 2.53. The van der Waals surface area contributed by atoms with Crippen molar-refractivity contribution >= 4 is 5.91 Å². The van der Waals surface area contributed by atoms with Gasteiger partial charge in [-0.05, 0) is 18.1 Å². The van der Waals surface area contributed by atoms with Gasteiger partial charge in [0.15, 0.2) is 0 Å². The number of halogens is 4. The van der Waals surface area contributed by atoms with E-state index in [1.165, 1.54) is 7.11 Å². The molecule has 0 radical (unpaired) electrons. The quantitative estimate of drug-likeness (QED) is 0.811. The first kappa shape index (κ1) is 15.3. The number of para-hydroxylation sites is 1. The first-order chi connectivity index (χ1) is 8.89. The summed E-state index contributed by atoms with van der Waals surface area (Å²) in [5.74, 6) is -6.10. The second-order valence-electron chi connectivity index (χ2n) is 3.74. The van der Waals surface area contributed by atoms with Crippen molar-refractivity contribution in [3.8, 4) is 5.75 Å². The molecule has 106 valence electrons. The second kappa shape index (κ2) is 6.40. The first-order valence-corrected chi connectivity index (χ1v) is 5.45. The molecule has 0 aliphatic heterocycles. The Morgan fingerprint density at radius 3 is 2.58 bits per heavy atom. The lowest BCUT2D eigenvalue weighted by Crippen LogP contribution is -2.45. The Morgan fingerprint density at radius 1 is 1.37 bits per heavy atom. The van der Waals surface area contributed by atoms with Crippen LogP contribution < -0.4 is 10.1 Å². The number of benzene rings is 1. The molecular formula is C12H13F4NO2. The monoisotopic (exact) mass is 279 g/mol. The molecule has 0 heterocycles. The summed E-state index contributed by atoms with van der Waals surface area (Å²) in [6.07, 6.45) is -3.81. The van der Waals surface area contributed by atoms with Gasteiger partial charge < -0.3 is 10.1 Å². The number of alkyl halides is 4. The summed E-state index contributed by atoms with van der Waals surface area (Å²) in [6.45, 7) is -0.179. The number of nitrogens with one attached hydrogen (secondary N) is 1. The van der Waals surface area contributed by atoms with Crippen LogP contribution in [0.15, 0.2) is 24.3 Å². The van der Waals surface area contributed by atoms with E-state index in [0.29, 0.717) is 11.3 Å². The fraction of sp³-hybridized carbons (Fsp3) is 0.417. The summed E-state index contributed by atoms with van der Waals surface area (Å²) in [7, 11) is 1.45. The molecule has 0 bridgehead atoms. The number of rotatable bonds is 6. The van der Waals surface area contributed by atoms with Crippen molar-refractivity contribution in [3.63, 3.8) is 0 Å². The zero-order chi connectivity index (χ0) is 14.5. The fourth-order valence-electron chi connectivity index (χ4n) is 1.44. The lowest BCUT2D eigenvalue weighted by molar-refractivity contribution is -0.169. The van der Waals surface area contributed by atoms with Crippen LogP contribution in [0.4, 0.5) is 17.6 Å². The fourth-order valence-corrected chi connectivity index (χ4v) is 1.44. The van der Waals surface area contributed by atoms with Crippen LogP contribution in [0, 0.1) is 0 Å². The van der Waals surface area contributed by atoms with Crippen LogP contribution in [0.3, 0.4) is 0 Å². The lowest BCUT2D eigenvalue weighted by atomic mass is 10.1. The summed E-state index contributed by atoms with van der Waals surface area (Å²) in [5.41, 5.74) is 0.686. The van der Waals surface area contributed by atoms with Crippen LogP contribution in [-0.2, 0) is 11.2 Å². The SMILES string of the molecule is COc1ccccc1CCNC(=O)C(F)(F)C(F)F. The van der Waals surface area contributed by atoms with Gasteiger partial charge in [0.1, 0.15) is 5.75 Å². The van der Waals surface area contributed by atoms with Crippen molar-refractivity contribution < 1.29 is 27.1 Å². The van der Waals surface area contributed by atoms with E-state index in [-0.39, 0.29) is 13.0 Å². The van der Waals surface area contributed by atoms with E-state index < -0.39 is 18.3 Å². The van der Waals surface area contributed by atoms with Gasteiger partial charge in [-0.3, -0.25) is 4.79 Å². The van der Waals surface area contributed by atoms with Crippen LogP contribution in [0.25, 0.3) is 0 Å². The van der Waals surface area contributed by atoms with Gasteiger partial charge in [0, 0.05) is 6.54 Å². The van der Waals surface area contributed by atoms with Gasteiger partial charge >= 0.3 is 12.3 Å². The number of amides is 1. The minimum absolute atomic E-state index is 0.179. The third-order valence-corrected chi connectivity index (χ3v) is 2.45.